The molecule has 14 heavy (non-hydrogen) atoms. The lowest BCUT2D eigenvalue weighted by molar-refractivity contribution is 0.169. The highest BCUT2D eigenvalue weighted by Crippen LogP contribution is 2.49. The largest absolute Gasteiger partial charge is 0.497 e. The van der Waals surface area contributed by atoms with Crippen LogP contribution in [0.5, 0.6) is 5.75 Å². The molecule has 3 atom stereocenters. The minimum atomic E-state index is -0.189. The molecule has 0 heterocycles. The van der Waals surface area contributed by atoms with Gasteiger partial charge in [0, 0.05) is 0 Å². The predicted octanol–water partition coefficient (Wildman–Crippen LogP) is 2.18. The van der Waals surface area contributed by atoms with E-state index < -0.39 is 0 Å². The summed E-state index contributed by atoms with van der Waals surface area (Å²) in [7, 11) is 1.68. The van der Waals surface area contributed by atoms with Crippen LogP contribution in [-0.4, -0.2) is 18.3 Å². The van der Waals surface area contributed by atoms with Gasteiger partial charge in [-0.1, -0.05) is 12.1 Å². The van der Waals surface area contributed by atoms with E-state index in [-0.39, 0.29) is 6.10 Å². The van der Waals surface area contributed by atoms with E-state index in [4.69, 9.17) is 4.74 Å². The molecule has 2 rings (SSSR count). The Labute approximate surface area is 84.5 Å². The van der Waals surface area contributed by atoms with Crippen LogP contribution < -0.4 is 4.74 Å². The predicted molar refractivity (Wildman–Crippen MR) is 55.5 cm³/mol. The lowest BCUT2D eigenvalue weighted by Crippen LogP contribution is -2.03. The van der Waals surface area contributed by atoms with Gasteiger partial charge in [-0.25, -0.2) is 0 Å². The summed E-state index contributed by atoms with van der Waals surface area (Å²) in [5, 5.41) is 9.42. The van der Waals surface area contributed by atoms with Gasteiger partial charge in [0.25, 0.3) is 0 Å². The highest BCUT2D eigenvalue weighted by atomic mass is 16.5. The van der Waals surface area contributed by atoms with Gasteiger partial charge in [0.05, 0.1) is 13.2 Å². The van der Waals surface area contributed by atoms with E-state index in [2.05, 4.69) is 12.1 Å². The number of hydrogen-bond donors (Lipinski definition) is 1. The van der Waals surface area contributed by atoms with Crippen molar-refractivity contribution in [2.45, 2.75) is 25.4 Å². The standard InChI is InChI=1S/C12H16O2/c1-8(13)11-7-12(11)9-4-3-5-10(6-9)14-2/h3-6,8,11-13H,7H2,1-2H3/t8-,11+,12-/m1/s1. The van der Waals surface area contributed by atoms with Gasteiger partial charge in [-0.05, 0) is 42.9 Å². The molecule has 1 N–H and O–H groups in total. The molecule has 1 saturated carbocycles. The summed E-state index contributed by atoms with van der Waals surface area (Å²) in [5.41, 5.74) is 1.29. The maximum absolute atomic E-state index is 9.42. The van der Waals surface area contributed by atoms with Gasteiger partial charge in [0.15, 0.2) is 0 Å². The second-order valence-corrected chi connectivity index (χ2v) is 4.02. The average molecular weight is 192 g/mol. The number of hydrogen-bond acceptors (Lipinski definition) is 2. The van der Waals surface area contributed by atoms with Gasteiger partial charge in [-0.2, -0.15) is 0 Å². The number of aliphatic hydroxyl groups is 1. The molecule has 1 aliphatic rings. The molecule has 0 radical (unpaired) electrons. The lowest BCUT2D eigenvalue weighted by atomic mass is 10.1. The van der Waals surface area contributed by atoms with Crippen LogP contribution in [0.4, 0.5) is 0 Å². The molecule has 1 aromatic carbocycles. The molecule has 0 saturated heterocycles. The number of methoxy groups -OCH3 is 1. The fourth-order valence-electron chi connectivity index (χ4n) is 2.00. The van der Waals surface area contributed by atoms with Crippen molar-refractivity contribution in [1.82, 2.24) is 0 Å². The maximum atomic E-state index is 9.42. The summed E-state index contributed by atoms with van der Waals surface area (Å²) in [4.78, 5) is 0. The molecule has 0 spiro atoms. The number of rotatable bonds is 3. The molecule has 0 aliphatic heterocycles. The third-order valence-corrected chi connectivity index (χ3v) is 2.98. The van der Waals surface area contributed by atoms with Crippen molar-refractivity contribution < 1.29 is 9.84 Å². The highest BCUT2D eigenvalue weighted by Gasteiger charge is 2.41. The van der Waals surface area contributed by atoms with Crippen LogP contribution >= 0.6 is 0 Å². The second-order valence-electron chi connectivity index (χ2n) is 4.02. The summed E-state index contributed by atoms with van der Waals surface area (Å²) in [6.45, 7) is 1.87. The van der Waals surface area contributed by atoms with Crippen molar-refractivity contribution in [2.24, 2.45) is 5.92 Å². The van der Waals surface area contributed by atoms with Crippen LogP contribution in [0, 0.1) is 5.92 Å². The van der Waals surface area contributed by atoms with E-state index in [1.807, 2.05) is 19.1 Å². The molecule has 1 aromatic rings. The SMILES string of the molecule is COc1cccc([C@H]2C[C@H]2[C@@H](C)O)c1. The minimum absolute atomic E-state index is 0.189. The van der Waals surface area contributed by atoms with Gasteiger partial charge in [-0.3, -0.25) is 0 Å². The summed E-state index contributed by atoms with van der Waals surface area (Å²) >= 11 is 0. The molecule has 76 valence electrons. The molecule has 0 bridgehead atoms. The zero-order chi connectivity index (χ0) is 10.1. The first-order valence-corrected chi connectivity index (χ1v) is 5.04. The summed E-state index contributed by atoms with van der Waals surface area (Å²) < 4.78 is 5.17. The molecule has 2 heteroatoms. The van der Waals surface area contributed by atoms with Gasteiger partial charge >= 0.3 is 0 Å². The smallest absolute Gasteiger partial charge is 0.119 e. The normalized spacial score (nSPS) is 27.1. The van der Waals surface area contributed by atoms with E-state index in [1.54, 1.807) is 7.11 Å². The van der Waals surface area contributed by atoms with Gasteiger partial charge in [-0.15, -0.1) is 0 Å². The summed E-state index contributed by atoms with van der Waals surface area (Å²) in [6.07, 6.45) is 0.913. The maximum Gasteiger partial charge on any atom is 0.119 e. The third kappa shape index (κ3) is 1.75. The molecular weight excluding hydrogens is 176 g/mol. The Morgan fingerprint density at radius 3 is 2.86 bits per heavy atom. The topological polar surface area (TPSA) is 29.5 Å². The van der Waals surface area contributed by atoms with Crippen LogP contribution in [0.3, 0.4) is 0 Å². The van der Waals surface area contributed by atoms with Gasteiger partial charge in [0.1, 0.15) is 5.75 Å². The molecule has 1 fully saturated rings. The number of aliphatic hydroxyl groups excluding tert-OH is 1. The first-order valence-electron chi connectivity index (χ1n) is 5.04. The van der Waals surface area contributed by atoms with Crippen molar-refractivity contribution >= 4 is 0 Å². The number of benzene rings is 1. The Balaban J connectivity index is 2.11. The first kappa shape index (κ1) is 9.53. The summed E-state index contributed by atoms with van der Waals surface area (Å²) in [6, 6.07) is 8.12. The Hall–Kier alpha value is -1.02. The second kappa shape index (κ2) is 3.62. The Bertz CT molecular complexity index is 320. The zero-order valence-electron chi connectivity index (χ0n) is 8.60. The molecular formula is C12H16O2. The first-order chi connectivity index (χ1) is 6.72. The van der Waals surface area contributed by atoms with Crippen molar-refractivity contribution in [2.75, 3.05) is 7.11 Å². The van der Waals surface area contributed by atoms with Crippen molar-refractivity contribution in [3.63, 3.8) is 0 Å². The Morgan fingerprint density at radius 1 is 1.50 bits per heavy atom. The molecule has 1 aliphatic carbocycles. The monoisotopic (exact) mass is 192 g/mol. The Kier molecular flexibility index (Phi) is 2.46. The van der Waals surface area contributed by atoms with Crippen molar-refractivity contribution in [1.29, 1.82) is 0 Å². The zero-order valence-corrected chi connectivity index (χ0v) is 8.60. The highest BCUT2D eigenvalue weighted by molar-refractivity contribution is 5.34. The fraction of sp³-hybridized carbons (Fsp3) is 0.500. The Morgan fingerprint density at radius 2 is 2.29 bits per heavy atom. The van der Waals surface area contributed by atoms with Crippen LogP contribution in [-0.2, 0) is 0 Å². The van der Waals surface area contributed by atoms with Crippen molar-refractivity contribution in [3.8, 4) is 5.75 Å². The quantitative estimate of drug-likeness (QED) is 0.795. The van der Waals surface area contributed by atoms with Crippen LogP contribution in [0.15, 0.2) is 24.3 Å². The minimum Gasteiger partial charge on any atom is -0.497 e. The third-order valence-electron chi connectivity index (χ3n) is 2.98. The fourth-order valence-corrected chi connectivity index (χ4v) is 2.00. The summed E-state index contributed by atoms with van der Waals surface area (Å²) in [5.74, 6) is 1.88. The van der Waals surface area contributed by atoms with E-state index >= 15 is 0 Å². The lowest BCUT2D eigenvalue weighted by Gasteiger charge is -2.05. The molecule has 0 aromatic heterocycles. The molecule has 0 unspecified atom stereocenters. The molecule has 0 amide bonds. The van der Waals surface area contributed by atoms with Crippen LogP contribution in [0.1, 0.15) is 24.8 Å². The number of ether oxygens (including phenoxy) is 1. The average Bonchev–Trinajstić information content (AvgIpc) is 2.97. The van der Waals surface area contributed by atoms with Crippen molar-refractivity contribution in [3.05, 3.63) is 29.8 Å². The van der Waals surface area contributed by atoms with E-state index in [9.17, 15) is 5.11 Å². The van der Waals surface area contributed by atoms with Crippen LogP contribution in [0.25, 0.3) is 0 Å². The molecule has 2 nitrogen and oxygen atoms in total. The van der Waals surface area contributed by atoms with Gasteiger partial charge < -0.3 is 9.84 Å². The van der Waals surface area contributed by atoms with E-state index in [0.29, 0.717) is 11.8 Å². The van der Waals surface area contributed by atoms with Crippen LogP contribution in [0.2, 0.25) is 0 Å². The van der Waals surface area contributed by atoms with E-state index in [0.717, 1.165) is 12.2 Å². The van der Waals surface area contributed by atoms with E-state index in [1.165, 1.54) is 5.56 Å². The van der Waals surface area contributed by atoms with Gasteiger partial charge in [0.2, 0.25) is 0 Å².